The topological polar surface area (TPSA) is 84.5 Å². The van der Waals surface area contributed by atoms with Crippen LogP contribution in [-0.4, -0.2) is 20.9 Å². The molecule has 7 heteroatoms. The number of hydrazine groups is 1. The highest BCUT2D eigenvalue weighted by Gasteiger charge is 2.16. The average Bonchev–Trinajstić information content (AvgIpc) is 2.65. The number of sulfonamides is 1. The molecule has 0 saturated heterocycles. The van der Waals surface area contributed by atoms with E-state index >= 15 is 0 Å². The minimum absolute atomic E-state index is 0.0884. The van der Waals surface area contributed by atoms with Crippen LogP contribution in [0.5, 0.6) is 5.75 Å². The normalized spacial score (nSPS) is 12.4. The molecule has 0 bridgehead atoms. The van der Waals surface area contributed by atoms with Crippen molar-refractivity contribution in [2.75, 3.05) is 6.61 Å². The zero-order valence-electron chi connectivity index (χ0n) is 16.1. The molecule has 0 aliphatic rings. The molecule has 1 atom stereocenters. The van der Waals surface area contributed by atoms with Crippen LogP contribution in [0, 0.1) is 13.8 Å². The Labute approximate surface area is 161 Å². The van der Waals surface area contributed by atoms with Gasteiger partial charge in [-0.3, -0.25) is 10.2 Å². The third kappa shape index (κ3) is 5.55. The maximum atomic E-state index is 12.3. The minimum Gasteiger partial charge on any atom is -0.483 e. The van der Waals surface area contributed by atoms with Gasteiger partial charge in [0.15, 0.2) is 6.61 Å². The number of benzene rings is 2. The lowest BCUT2D eigenvalue weighted by Crippen LogP contribution is -2.43. The van der Waals surface area contributed by atoms with Crippen molar-refractivity contribution in [3.8, 4) is 5.75 Å². The summed E-state index contributed by atoms with van der Waals surface area (Å²) in [5, 5.41) is 0. The second kappa shape index (κ2) is 9.01. The Hall–Kier alpha value is -2.38. The Morgan fingerprint density at radius 1 is 1.07 bits per heavy atom. The molecule has 2 aromatic carbocycles. The number of hydrogen-bond donors (Lipinski definition) is 2. The largest absolute Gasteiger partial charge is 0.483 e. The third-order valence-electron chi connectivity index (χ3n) is 4.45. The number of carbonyl (C=O) groups is 1. The zero-order valence-corrected chi connectivity index (χ0v) is 16.9. The van der Waals surface area contributed by atoms with Crippen molar-refractivity contribution in [2.45, 2.75) is 44.9 Å². The van der Waals surface area contributed by atoms with Crippen molar-refractivity contribution >= 4 is 15.9 Å². The van der Waals surface area contributed by atoms with Crippen molar-refractivity contribution in [3.63, 3.8) is 0 Å². The highest BCUT2D eigenvalue weighted by molar-refractivity contribution is 7.89. The Balaban J connectivity index is 1.93. The van der Waals surface area contributed by atoms with E-state index in [2.05, 4.69) is 24.1 Å². The van der Waals surface area contributed by atoms with Crippen molar-refractivity contribution in [3.05, 3.63) is 59.2 Å². The molecule has 2 aromatic rings. The van der Waals surface area contributed by atoms with E-state index < -0.39 is 15.9 Å². The van der Waals surface area contributed by atoms with Crippen LogP contribution in [0.25, 0.3) is 0 Å². The van der Waals surface area contributed by atoms with E-state index in [-0.39, 0.29) is 11.5 Å². The summed E-state index contributed by atoms with van der Waals surface area (Å²) in [4.78, 5) is 14.1. The number of ether oxygens (including phenoxy) is 1. The van der Waals surface area contributed by atoms with Gasteiger partial charge >= 0.3 is 0 Å². The Kier molecular flexibility index (Phi) is 6.98. The predicted octanol–water partition coefficient (Wildman–Crippen LogP) is 3.21. The van der Waals surface area contributed by atoms with Gasteiger partial charge in [-0.1, -0.05) is 44.2 Å². The molecule has 27 heavy (non-hydrogen) atoms. The Morgan fingerprint density at radius 3 is 2.22 bits per heavy atom. The molecule has 0 aromatic heterocycles. The maximum absolute atomic E-state index is 12.3. The molecule has 0 unspecified atom stereocenters. The highest BCUT2D eigenvalue weighted by atomic mass is 32.2. The van der Waals surface area contributed by atoms with Gasteiger partial charge in [-0.2, -0.15) is 0 Å². The first-order valence-electron chi connectivity index (χ1n) is 8.84. The summed E-state index contributed by atoms with van der Waals surface area (Å²) < 4.78 is 30.1. The molecular formula is C20H26N2O4S. The molecule has 0 radical (unpaired) electrons. The fourth-order valence-electron chi connectivity index (χ4n) is 2.59. The van der Waals surface area contributed by atoms with Gasteiger partial charge in [0.05, 0.1) is 4.90 Å². The van der Waals surface area contributed by atoms with Gasteiger partial charge < -0.3 is 4.74 Å². The van der Waals surface area contributed by atoms with Gasteiger partial charge in [-0.15, -0.1) is 4.83 Å². The minimum atomic E-state index is -3.84. The number of hydrogen-bond acceptors (Lipinski definition) is 4. The molecule has 0 fully saturated rings. The van der Waals surface area contributed by atoms with Crippen LogP contribution in [0.1, 0.15) is 42.9 Å². The highest BCUT2D eigenvalue weighted by Crippen LogP contribution is 2.22. The lowest BCUT2D eigenvalue weighted by atomic mass is 9.99. The van der Waals surface area contributed by atoms with Crippen molar-refractivity contribution in [1.29, 1.82) is 0 Å². The van der Waals surface area contributed by atoms with Crippen LogP contribution in [0.3, 0.4) is 0 Å². The maximum Gasteiger partial charge on any atom is 0.272 e. The van der Waals surface area contributed by atoms with E-state index in [9.17, 15) is 13.2 Å². The van der Waals surface area contributed by atoms with E-state index in [0.717, 1.165) is 23.1 Å². The molecule has 6 nitrogen and oxygen atoms in total. The van der Waals surface area contributed by atoms with Crippen LogP contribution >= 0.6 is 0 Å². The first kappa shape index (κ1) is 20.9. The van der Waals surface area contributed by atoms with Crippen LogP contribution < -0.4 is 15.0 Å². The smallest absolute Gasteiger partial charge is 0.272 e. The summed E-state index contributed by atoms with van der Waals surface area (Å²) >= 11 is 0. The van der Waals surface area contributed by atoms with Gasteiger partial charge in [0, 0.05) is 0 Å². The van der Waals surface area contributed by atoms with Crippen molar-refractivity contribution < 1.29 is 17.9 Å². The second-order valence-electron chi connectivity index (χ2n) is 6.54. The first-order valence-corrected chi connectivity index (χ1v) is 10.3. The summed E-state index contributed by atoms with van der Waals surface area (Å²) in [7, 11) is -3.84. The molecule has 1 amide bonds. The fourth-order valence-corrected chi connectivity index (χ4v) is 3.46. The molecular weight excluding hydrogens is 364 g/mol. The van der Waals surface area contributed by atoms with E-state index in [4.69, 9.17) is 4.74 Å². The van der Waals surface area contributed by atoms with Gasteiger partial charge in [0.25, 0.3) is 15.9 Å². The van der Waals surface area contributed by atoms with Gasteiger partial charge in [-0.05, 0) is 55.0 Å². The third-order valence-corrected chi connectivity index (χ3v) is 5.72. The first-order chi connectivity index (χ1) is 12.7. The number of nitrogens with one attached hydrogen (secondary N) is 2. The molecule has 0 heterocycles. The molecule has 0 aliphatic carbocycles. The number of amides is 1. The van der Waals surface area contributed by atoms with Gasteiger partial charge in [0.1, 0.15) is 5.75 Å². The quantitative estimate of drug-likeness (QED) is 0.678. The summed E-state index contributed by atoms with van der Waals surface area (Å²) in [5.74, 6) is 0.394. The number of para-hydroxylation sites is 1. The molecule has 2 rings (SSSR count). The molecule has 146 valence electrons. The predicted molar refractivity (Wildman–Crippen MR) is 105 cm³/mol. The summed E-state index contributed by atoms with van der Waals surface area (Å²) in [6.07, 6.45) is 0.973. The standard InChI is InChI=1S/C20H26N2O4S/c1-5-14(2)17-9-11-18(12-10-17)27(24,25)22-21-19(23)13-26-20-15(3)7-6-8-16(20)4/h6-12,14,22H,5,13H2,1-4H3,(H,21,23)/t14-/m0/s1. The second-order valence-corrected chi connectivity index (χ2v) is 8.22. The van der Waals surface area contributed by atoms with E-state index in [1.54, 1.807) is 12.1 Å². The number of rotatable bonds is 8. The zero-order chi connectivity index (χ0) is 20.0. The number of carbonyl (C=O) groups excluding carboxylic acids is 1. The van der Waals surface area contributed by atoms with Crippen LogP contribution in [0.15, 0.2) is 47.4 Å². The fraction of sp³-hybridized carbons (Fsp3) is 0.350. The van der Waals surface area contributed by atoms with Crippen LogP contribution in [0.4, 0.5) is 0 Å². The van der Waals surface area contributed by atoms with E-state index in [1.165, 1.54) is 12.1 Å². The van der Waals surface area contributed by atoms with E-state index in [1.807, 2.05) is 32.0 Å². The SMILES string of the molecule is CC[C@H](C)c1ccc(S(=O)(=O)NNC(=O)COc2c(C)cccc2C)cc1. The van der Waals surface area contributed by atoms with Crippen molar-refractivity contribution in [2.24, 2.45) is 0 Å². The van der Waals surface area contributed by atoms with Gasteiger partial charge in [0.2, 0.25) is 0 Å². The molecule has 2 N–H and O–H groups in total. The molecule has 0 spiro atoms. The number of aryl methyl sites for hydroxylation is 2. The van der Waals surface area contributed by atoms with Gasteiger partial charge in [-0.25, -0.2) is 8.42 Å². The lowest BCUT2D eigenvalue weighted by molar-refractivity contribution is -0.123. The monoisotopic (exact) mass is 390 g/mol. The lowest BCUT2D eigenvalue weighted by Gasteiger charge is -2.13. The van der Waals surface area contributed by atoms with Crippen LogP contribution in [-0.2, 0) is 14.8 Å². The van der Waals surface area contributed by atoms with Crippen molar-refractivity contribution in [1.82, 2.24) is 10.3 Å². The average molecular weight is 391 g/mol. The summed E-state index contributed by atoms with van der Waals surface area (Å²) in [6, 6.07) is 12.3. The molecule has 0 saturated carbocycles. The Bertz CT molecular complexity index is 872. The van der Waals surface area contributed by atoms with Crippen LogP contribution in [0.2, 0.25) is 0 Å². The van der Waals surface area contributed by atoms with E-state index in [0.29, 0.717) is 11.7 Å². The summed E-state index contributed by atoms with van der Waals surface area (Å²) in [5.41, 5.74) is 5.06. The summed E-state index contributed by atoms with van der Waals surface area (Å²) in [6.45, 7) is 7.63. The molecule has 0 aliphatic heterocycles. The Morgan fingerprint density at radius 2 is 1.67 bits per heavy atom.